The first-order chi connectivity index (χ1) is 6.20. The summed E-state index contributed by atoms with van der Waals surface area (Å²) in [6, 6.07) is 0. The molecule has 0 saturated heterocycles. The number of hydrogen-bond acceptors (Lipinski definition) is 1. The van der Waals surface area contributed by atoms with E-state index in [1.807, 2.05) is 12.4 Å². The Bertz CT molecular complexity index is 295. The van der Waals surface area contributed by atoms with Gasteiger partial charge in [0.2, 0.25) is 0 Å². The van der Waals surface area contributed by atoms with Crippen LogP contribution in [0.5, 0.6) is 0 Å². The highest BCUT2D eigenvalue weighted by Gasteiger charge is 2.33. The second-order valence-electron chi connectivity index (χ2n) is 3.96. The van der Waals surface area contributed by atoms with Gasteiger partial charge in [-0.1, -0.05) is 22.9 Å². The molecule has 3 unspecified atom stereocenters. The maximum Gasteiger partial charge on any atom is 0.111 e. The van der Waals surface area contributed by atoms with Crippen LogP contribution in [0.25, 0.3) is 0 Å². The van der Waals surface area contributed by atoms with Gasteiger partial charge in [-0.25, -0.2) is 4.98 Å². The number of aromatic nitrogens is 2. The topological polar surface area (TPSA) is 17.8 Å². The van der Waals surface area contributed by atoms with Crippen molar-refractivity contribution in [1.29, 1.82) is 0 Å². The van der Waals surface area contributed by atoms with Crippen LogP contribution in [0.2, 0.25) is 0 Å². The van der Waals surface area contributed by atoms with Crippen molar-refractivity contribution in [2.24, 2.45) is 13.0 Å². The van der Waals surface area contributed by atoms with Crippen LogP contribution in [-0.2, 0) is 7.05 Å². The predicted molar refractivity (Wildman–Crippen MR) is 57.1 cm³/mol. The normalized spacial score (nSPS) is 33.9. The van der Waals surface area contributed by atoms with E-state index in [9.17, 15) is 0 Å². The molecular formula is C10H15BrN2. The summed E-state index contributed by atoms with van der Waals surface area (Å²) in [5.74, 6) is 2.60. The maximum atomic E-state index is 4.42. The average molecular weight is 243 g/mol. The predicted octanol–water partition coefficient (Wildman–Crippen LogP) is 2.70. The minimum absolute atomic E-state index is 0.643. The van der Waals surface area contributed by atoms with Crippen molar-refractivity contribution in [2.45, 2.75) is 30.5 Å². The van der Waals surface area contributed by atoms with E-state index in [4.69, 9.17) is 0 Å². The molecule has 1 aliphatic carbocycles. The number of aryl methyl sites for hydroxylation is 1. The molecule has 1 heterocycles. The Morgan fingerprint density at radius 1 is 1.54 bits per heavy atom. The first kappa shape index (κ1) is 9.25. The zero-order valence-electron chi connectivity index (χ0n) is 8.07. The summed E-state index contributed by atoms with van der Waals surface area (Å²) in [4.78, 5) is 5.10. The van der Waals surface area contributed by atoms with Crippen LogP contribution in [0.4, 0.5) is 0 Å². The Morgan fingerprint density at radius 3 is 2.77 bits per heavy atom. The van der Waals surface area contributed by atoms with Gasteiger partial charge in [0.1, 0.15) is 5.82 Å². The number of halogens is 1. The Hall–Kier alpha value is -0.310. The van der Waals surface area contributed by atoms with Crippen LogP contribution in [0.15, 0.2) is 12.4 Å². The summed E-state index contributed by atoms with van der Waals surface area (Å²) in [6.45, 7) is 2.31. The molecule has 0 spiro atoms. The van der Waals surface area contributed by atoms with E-state index in [2.05, 4.69) is 39.5 Å². The highest BCUT2D eigenvalue weighted by Crippen LogP contribution is 2.41. The average Bonchev–Trinajstić information content (AvgIpc) is 2.62. The van der Waals surface area contributed by atoms with Gasteiger partial charge >= 0.3 is 0 Å². The SMILES string of the molecule is CC1C(Br)CCC1c1nccn1C. The molecule has 1 fully saturated rings. The summed E-state index contributed by atoms with van der Waals surface area (Å²) in [7, 11) is 2.08. The summed E-state index contributed by atoms with van der Waals surface area (Å²) in [6.07, 6.45) is 6.47. The fourth-order valence-electron chi connectivity index (χ4n) is 2.22. The molecule has 0 radical (unpaired) electrons. The third kappa shape index (κ3) is 1.54. The highest BCUT2D eigenvalue weighted by molar-refractivity contribution is 9.09. The van der Waals surface area contributed by atoms with Crippen LogP contribution in [0.3, 0.4) is 0 Å². The molecule has 1 aliphatic rings. The third-order valence-corrected chi connectivity index (χ3v) is 4.44. The summed E-state index contributed by atoms with van der Waals surface area (Å²) < 4.78 is 2.15. The number of nitrogens with zero attached hydrogens (tertiary/aromatic N) is 2. The van der Waals surface area contributed by atoms with E-state index < -0.39 is 0 Å². The summed E-state index contributed by atoms with van der Waals surface area (Å²) in [5, 5.41) is 0. The van der Waals surface area contributed by atoms with Crippen molar-refractivity contribution in [2.75, 3.05) is 0 Å². The minimum atomic E-state index is 0.643. The quantitative estimate of drug-likeness (QED) is 0.693. The number of rotatable bonds is 1. The van der Waals surface area contributed by atoms with Crippen molar-refractivity contribution in [3.8, 4) is 0 Å². The lowest BCUT2D eigenvalue weighted by atomic mass is 9.97. The van der Waals surface area contributed by atoms with E-state index >= 15 is 0 Å². The fourth-order valence-corrected chi connectivity index (χ4v) is 2.85. The molecule has 0 N–H and O–H groups in total. The number of hydrogen-bond donors (Lipinski definition) is 0. The zero-order chi connectivity index (χ0) is 9.42. The van der Waals surface area contributed by atoms with Gasteiger partial charge in [-0.2, -0.15) is 0 Å². The van der Waals surface area contributed by atoms with Gasteiger partial charge in [-0.15, -0.1) is 0 Å². The van der Waals surface area contributed by atoms with Crippen molar-refractivity contribution < 1.29 is 0 Å². The Balaban J connectivity index is 2.23. The molecule has 0 aromatic carbocycles. The number of imidazole rings is 1. The van der Waals surface area contributed by atoms with Crippen molar-refractivity contribution >= 4 is 15.9 Å². The molecule has 3 atom stereocenters. The molecule has 0 aliphatic heterocycles. The molecule has 1 aromatic heterocycles. The van der Waals surface area contributed by atoms with E-state index in [0.717, 1.165) is 0 Å². The lowest BCUT2D eigenvalue weighted by Crippen LogP contribution is -2.12. The Morgan fingerprint density at radius 2 is 2.31 bits per heavy atom. The second kappa shape index (κ2) is 3.45. The lowest BCUT2D eigenvalue weighted by Gasteiger charge is -2.16. The Kier molecular flexibility index (Phi) is 2.45. The molecular weight excluding hydrogens is 228 g/mol. The molecule has 2 rings (SSSR count). The first-order valence-corrected chi connectivity index (χ1v) is 5.73. The van der Waals surface area contributed by atoms with Gasteiger partial charge in [-0.05, 0) is 18.8 Å². The lowest BCUT2D eigenvalue weighted by molar-refractivity contribution is 0.505. The van der Waals surface area contributed by atoms with Crippen LogP contribution < -0.4 is 0 Å². The van der Waals surface area contributed by atoms with Crippen LogP contribution >= 0.6 is 15.9 Å². The molecule has 72 valence electrons. The standard InChI is InChI=1S/C10H15BrN2/c1-7-8(3-4-9(7)11)10-12-5-6-13(10)2/h5-9H,3-4H2,1-2H3. The molecule has 2 nitrogen and oxygen atoms in total. The second-order valence-corrected chi connectivity index (χ2v) is 5.13. The van der Waals surface area contributed by atoms with Gasteiger partial charge in [0, 0.05) is 30.2 Å². The minimum Gasteiger partial charge on any atom is -0.338 e. The Labute approximate surface area is 87.5 Å². The van der Waals surface area contributed by atoms with Crippen LogP contribution in [0.1, 0.15) is 31.5 Å². The highest BCUT2D eigenvalue weighted by atomic mass is 79.9. The van der Waals surface area contributed by atoms with Gasteiger partial charge < -0.3 is 4.57 Å². The molecule has 0 bridgehead atoms. The molecule has 1 saturated carbocycles. The number of alkyl halides is 1. The fraction of sp³-hybridized carbons (Fsp3) is 0.700. The first-order valence-electron chi connectivity index (χ1n) is 4.81. The van der Waals surface area contributed by atoms with E-state index in [1.165, 1.54) is 18.7 Å². The smallest absolute Gasteiger partial charge is 0.111 e. The van der Waals surface area contributed by atoms with Gasteiger partial charge in [0.15, 0.2) is 0 Å². The zero-order valence-corrected chi connectivity index (χ0v) is 9.66. The maximum absolute atomic E-state index is 4.42. The monoisotopic (exact) mass is 242 g/mol. The molecule has 3 heteroatoms. The summed E-state index contributed by atoms with van der Waals surface area (Å²) in [5.41, 5.74) is 0. The van der Waals surface area contributed by atoms with Gasteiger partial charge in [0.05, 0.1) is 0 Å². The van der Waals surface area contributed by atoms with E-state index in [0.29, 0.717) is 16.7 Å². The van der Waals surface area contributed by atoms with Crippen molar-refractivity contribution in [3.05, 3.63) is 18.2 Å². The third-order valence-electron chi connectivity index (χ3n) is 3.15. The van der Waals surface area contributed by atoms with E-state index in [-0.39, 0.29) is 0 Å². The largest absolute Gasteiger partial charge is 0.338 e. The molecule has 13 heavy (non-hydrogen) atoms. The van der Waals surface area contributed by atoms with Gasteiger partial charge in [-0.3, -0.25) is 0 Å². The van der Waals surface area contributed by atoms with E-state index in [1.54, 1.807) is 0 Å². The van der Waals surface area contributed by atoms with Crippen LogP contribution in [0, 0.1) is 5.92 Å². The molecule has 1 aromatic rings. The van der Waals surface area contributed by atoms with Crippen molar-refractivity contribution in [3.63, 3.8) is 0 Å². The van der Waals surface area contributed by atoms with Gasteiger partial charge in [0.25, 0.3) is 0 Å². The molecule has 0 amide bonds. The summed E-state index contributed by atoms with van der Waals surface area (Å²) >= 11 is 3.72. The van der Waals surface area contributed by atoms with Crippen molar-refractivity contribution in [1.82, 2.24) is 9.55 Å². The van der Waals surface area contributed by atoms with Crippen LogP contribution in [-0.4, -0.2) is 14.4 Å².